The molecule has 20 heavy (non-hydrogen) atoms. The van der Waals surface area contributed by atoms with Crippen molar-refractivity contribution in [3.63, 3.8) is 0 Å². The van der Waals surface area contributed by atoms with Crippen molar-refractivity contribution < 1.29 is 9.53 Å². The second-order valence-electron chi connectivity index (χ2n) is 5.60. The van der Waals surface area contributed by atoms with E-state index in [-0.39, 0.29) is 5.91 Å². The van der Waals surface area contributed by atoms with Crippen LogP contribution in [0, 0.1) is 0 Å². The summed E-state index contributed by atoms with van der Waals surface area (Å²) >= 11 is 0. The number of carbonyl (C=O) groups excluding carboxylic acids is 1. The van der Waals surface area contributed by atoms with Gasteiger partial charge in [-0.2, -0.15) is 0 Å². The number of benzene rings is 1. The summed E-state index contributed by atoms with van der Waals surface area (Å²) in [5, 5.41) is 0. The van der Waals surface area contributed by atoms with E-state index in [0.29, 0.717) is 12.6 Å². The molecular formula is C16H22N2O2. The Balaban J connectivity index is 1.49. The van der Waals surface area contributed by atoms with E-state index in [2.05, 4.69) is 29.2 Å². The molecule has 0 bridgehead atoms. The summed E-state index contributed by atoms with van der Waals surface area (Å²) in [5.74, 6) is 0.263. The van der Waals surface area contributed by atoms with Crippen molar-refractivity contribution in [1.82, 2.24) is 9.80 Å². The largest absolute Gasteiger partial charge is 0.380 e. The summed E-state index contributed by atoms with van der Waals surface area (Å²) in [6, 6.07) is 10.8. The van der Waals surface area contributed by atoms with Gasteiger partial charge >= 0.3 is 0 Å². The van der Waals surface area contributed by atoms with Crippen LogP contribution in [0.15, 0.2) is 30.3 Å². The molecule has 0 radical (unpaired) electrons. The monoisotopic (exact) mass is 274 g/mol. The minimum absolute atomic E-state index is 0.263. The van der Waals surface area contributed by atoms with Gasteiger partial charge in [0.15, 0.2) is 0 Å². The van der Waals surface area contributed by atoms with E-state index in [4.69, 9.17) is 4.74 Å². The topological polar surface area (TPSA) is 32.8 Å². The van der Waals surface area contributed by atoms with Gasteiger partial charge in [-0.05, 0) is 18.4 Å². The highest BCUT2D eigenvalue weighted by Crippen LogP contribution is 2.15. The maximum Gasteiger partial charge on any atom is 0.236 e. The average Bonchev–Trinajstić information content (AvgIpc) is 3.01. The third-order valence-corrected chi connectivity index (χ3v) is 4.28. The standard InChI is InChI=1S/C16H22N2O2/c19-16-12-18(15-7-11-20-13-15)10-9-17(16)8-6-14-4-2-1-3-5-14/h1-5,15H,6-13H2/t15-/m0/s1. The molecule has 2 aliphatic rings. The zero-order valence-electron chi connectivity index (χ0n) is 11.8. The van der Waals surface area contributed by atoms with E-state index in [1.54, 1.807) is 0 Å². The predicted octanol–water partition coefficient (Wildman–Crippen LogP) is 1.16. The molecule has 1 amide bonds. The van der Waals surface area contributed by atoms with E-state index in [9.17, 15) is 4.79 Å². The van der Waals surface area contributed by atoms with Crippen molar-refractivity contribution >= 4 is 5.91 Å². The third kappa shape index (κ3) is 3.19. The Morgan fingerprint density at radius 3 is 2.75 bits per heavy atom. The highest BCUT2D eigenvalue weighted by Gasteiger charge is 2.30. The summed E-state index contributed by atoms with van der Waals surface area (Å²) in [6.07, 6.45) is 2.01. The van der Waals surface area contributed by atoms with Crippen molar-refractivity contribution in [2.24, 2.45) is 0 Å². The van der Waals surface area contributed by atoms with Gasteiger partial charge in [-0.15, -0.1) is 0 Å². The van der Waals surface area contributed by atoms with Crippen molar-refractivity contribution in [2.75, 3.05) is 39.4 Å². The van der Waals surface area contributed by atoms with Crippen LogP contribution in [0.2, 0.25) is 0 Å². The SMILES string of the molecule is O=C1CN([C@H]2CCOC2)CCN1CCc1ccccc1. The number of carbonyl (C=O) groups is 1. The second kappa shape index (κ2) is 6.37. The molecule has 1 atom stereocenters. The number of amides is 1. The molecule has 0 aliphatic carbocycles. The molecule has 2 saturated heterocycles. The Morgan fingerprint density at radius 2 is 2.05 bits per heavy atom. The van der Waals surface area contributed by atoms with Crippen LogP contribution in [0.3, 0.4) is 0 Å². The molecule has 2 fully saturated rings. The lowest BCUT2D eigenvalue weighted by atomic mass is 10.1. The van der Waals surface area contributed by atoms with Crippen LogP contribution >= 0.6 is 0 Å². The zero-order valence-corrected chi connectivity index (χ0v) is 11.8. The van der Waals surface area contributed by atoms with Crippen LogP contribution in [0.4, 0.5) is 0 Å². The average molecular weight is 274 g/mol. The molecule has 0 unspecified atom stereocenters. The number of piperazine rings is 1. The van der Waals surface area contributed by atoms with Gasteiger partial charge in [-0.25, -0.2) is 0 Å². The lowest BCUT2D eigenvalue weighted by molar-refractivity contribution is -0.137. The van der Waals surface area contributed by atoms with Crippen molar-refractivity contribution in [1.29, 1.82) is 0 Å². The van der Waals surface area contributed by atoms with Crippen molar-refractivity contribution in [3.05, 3.63) is 35.9 Å². The highest BCUT2D eigenvalue weighted by molar-refractivity contribution is 5.79. The molecule has 0 spiro atoms. The third-order valence-electron chi connectivity index (χ3n) is 4.28. The predicted molar refractivity (Wildman–Crippen MR) is 77.5 cm³/mol. The molecule has 2 heterocycles. The van der Waals surface area contributed by atoms with Crippen molar-refractivity contribution in [2.45, 2.75) is 18.9 Å². The molecule has 3 rings (SSSR count). The first-order valence-electron chi connectivity index (χ1n) is 7.46. The fourth-order valence-corrected chi connectivity index (χ4v) is 2.99. The Morgan fingerprint density at radius 1 is 1.20 bits per heavy atom. The van der Waals surface area contributed by atoms with Gasteiger partial charge in [0.1, 0.15) is 0 Å². The van der Waals surface area contributed by atoms with Gasteiger partial charge in [-0.1, -0.05) is 30.3 Å². The number of rotatable bonds is 4. The van der Waals surface area contributed by atoms with E-state index in [1.807, 2.05) is 11.0 Å². The number of nitrogens with zero attached hydrogens (tertiary/aromatic N) is 2. The number of ether oxygens (including phenoxy) is 1. The molecular weight excluding hydrogens is 252 g/mol. The molecule has 1 aromatic carbocycles. The minimum atomic E-state index is 0.263. The Hall–Kier alpha value is -1.39. The Bertz CT molecular complexity index is 443. The van der Waals surface area contributed by atoms with Crippen LogP contribution in [0.1, 0.15) is 12.0 Å². The number of hydrogen-bond acceptors (Lipinski definition) is 3. The lowest BCUT2D eigenvalue weighted by Gasteiger charge is -2.37. The summed E-state index contributed by atoms with van der Waals surface area (Å²) in [6.45, 7) is 4.85. The normalized spacial score (nSPS) is 24.3. The molecule has 0 N–H and O–H groups in total. The summed E-state index contributed by atoms with van der Waals surface area (Å²) in [5.41, 5.74) is 1.30. The Kier molecular flexibility index (Phi) is 4.33. The number of hydrogen-bond donors (Lipinski definition) is 0. The zero-order chi connectivity index (χ0) is 13.8. The first-order chi connectivity index (χ1) is 9.83. The van der Waals surface area contributed by atoms with Gasteiger partial charge < -0.3 is 9.64 Å². The lowest BCUT2D eigenvalue weighted by Crippen LogP contribution is -2.54. The van der Waals surface area contributed by atoms with Gasteiger partial charge in [0, 0.05) is 32.3 Å². The first kappa shape index (κ1) is 13.6. The van der Waals surface area contributed by atoms with Gasteiger partial charge in [-0.3, -0.25) is 9.69 Å². The maximum absolute atomic E-state index is 12.2. The van der Waals surface area contributed by atoms with E-state index in [0.717, 1.165) is 45.7 Å². The minimum Gasteiger partial charge on any atom is -0.380 e. The van der Waals surface area contributed by atoms with Gasteiger partial charge in [0.2, 0.25) is 5.91 Å². The first-order valence-corrected chi connectivity index (χ1v) is 7.46. The van der Waals surface area contributed by atoms with E-state index >= 15 is 0 Å². The highest BCUT2D eigenvalue weighted by atomic mass is 16.5. The molecule has 4 heteroatoms. The summed E-state index contributed by atoms with van der Waals surface area (Å²) < 4.78 is 5.41. The van der Waals surface area contributed by atoms with E-state index in [1.165, 1.54) is 5.56 Å². The second-order valence-corrected chi connectivity index (χ2v) is 5.60. The van der Waals surface area contributed by atoms with Crippen molar-refractivity contribution in [3.8, 4) is 0 Å². The fourth-order valence-electron chi connectivity index (χ4n) is 2.99. The summed E-state index contributed by atoms with van der Waals surface area (Å²) in [7, 11) is 0. The molecule has 108 valence electrons. The molecule has 1 aromatic rings. The molecule has 0 aromatic heterocycles. The molecule has 2 aliphatic heterocycles. The van der Waals surface area contributed by atoms with Gasteiger partial charge in [0.25, 0.3) is 0 Å². The smallest absolute Gasteiger partial charge is 0.236 e. The maximum atomic E-state index is 12.2. The summed E-state index contributed by atoms with van der Waals surface area (Å²) in [4.78, 5) is 16.5. The fraction of sp³-hybridized carbons (Fsp3) is 0.562. The van der Waals surface area contributed by atoms with Crippen LogP contribution < -0.4 is 0 Å². The van der Waals surface area contributed by atoms with Crippen LogP contribution in [-0.4, -0.2) is 61.1 Å². The van der Waals surface area contributed by atoms with Crippen LogP contribution in [0.5, 0.6) is 0 Å². The van der Waals surface area contributed by atoms with Crippen LogP contribution in [-0.2, 0) is 16.0 Å². The quantitative estimate of drug-likeness (QED) is 0.826. The van der Waals surface area contributed by atoms with Gasteiger partial charge in [0.05, 0.1) is 13.2 Å². The Labute approximate surface area is 120 Å². The van der Waals surface area contributed by atoms with Crippen LogP contribution in [0.25, 0.3) is 0 Å². The van der Waals surface area contributed by atoms with E-state index < -0.39 is 0 Å². The molecule has 4 nitrogen and oxygen atoms in total. The molecule has 0 saturated carbocycles.